The Bertz CT molecular complexity index is 1010. The maximum absolute atomic E-state index is 14.3. The molecule has 0 aliphatic carbocycles. The predicted octanol–water partition coefficient (Wildman–Crippen LogP) is 6.06. The summed E-state index contributed by atoms with van der Waals surface area (Å²) in [7, 11) is 4.01. The third-order valence-corrected chi connectivity index (χ3v) is 6.21. The van der Waals surface area contributed by atoms with Crippen molar-refractivity contribution in [3.8, 4) is 11.1 Å². The van der Waals surface area contributed by atoms with E-state index in [0.717, 1.165) is 31.8 Å². The van der Waals surface area contributed by atoms with Crippen molar-refractivity contribution in [3.63, 3.8) is 0 Å². The Morgan fingerprint density at radius 3 is 2.68 bits per heavy atom. The highest BCUT2D eigenvalue weighted by Gasteiger charge is 2.19. The van der Waals surface area contributed by atoms with Crippen LogP contribution >= 0.6 is 35.3 Å². The van der Waals surface area contributed by atoms with Crippen LogP contribution in [0.2, 0.25) is 5.15 Å². The maximum Gasteiger partial charge on any atom is 0.118 e. The lowest BCUT2D eigenvalue weighted by molar-refractivity contribution is 0.560. The number of allylic oxidation sites excluding steroid dienone is 1. The Kier molecular flexibility index (Phi) is 7.12. The molecule has 2 aromatic carbocycles. The van der Waals surface area contributed by atoms with Gasteiger partial charge in [0.25, 0.3) is 0 Å². The van der Waals surface area contributed by atoms with Gasteiger partial charge in [0.2, 0.25) is 0 Å². The van der Waals surface area contributed by atoms with Gasteiger partial charge in [-0.3, -0.25) is 4.31 Å². The van der Waals surface area contributed by atoms with Crippen molar-refractivity contribution in [3.05, 3.63) is 59.5 Å². The minimum absolute atomic E-state index is 0.0668. The molecule has 148 valence electrons. The lowest BCUT2D eigenvalue weighted by Gasteiger charge is -2.10. The van der Waals surface area contributed by atoms with Crippen LogP contribution < -0.4 is 5.73 Å². The quantitative estimate of drug-likeness (QED) is 0.361. The third-order valence-electron chi connectivity index (χ3n) is 4.27. The summed E-state index contributed by atoms with van der Waals surface area (Å²) in [5.41, 5.74) is 8.30. The number of hydrogen-bond acceptors (Lipinski definition) is 4. The van der Waals surface area contributed by atoms with Gasteiger partial charge in [-0.2, -0.15) is 0 Å². The first-order valence-electron chi connectivity index (χ1n) is 8.80. The molecule has 0 fully saturated rings. The van der Waals surface area contributed by atoms with Gasteiger partial charge < -0.3 is 10.3 Å². The molecule has 0 spiro atoms. The van der Waals surface area contributed by atoms with Crippen LogP contribution in [-0.2, 0) is 6.54 Å². The molecule has 0 atom stereocenters. The van der Waals surface area contributed by atoms with Gasteiger partial charge in [-0.1, -0.05) is 23.7 Å². The van der Waals surface area contributed by atoms with Gasteiger partial charge in [-0.15, -0.1) is 11.8 Å². The summed E-state index contributed by atoms with van der Waals surface area (Å²) in [6.45, 7) is 0.229. The zero-order valence-electron chi connectivity index (χ0n) is 16.1. The highest BCUT2D eigenvalue weighted by molar-refractivity contribution is 7.98. The average Bonchev–Trinajstić information content (AvgIpc) is 2.92. The van der Waals surface area contributed by atoms with Gasteiger partial charge in [-0.25, -0.2) is 4.39 Å². The molecule has 0 saturated carbocycles. The molecule has 7 heteroatoms. The summed E-state index contributed by atoms with van der Waals surface area (Å²) in [6, 6.07) is 14.4. The topological polar surface area (TPSA) is 34.2 Å². The molecule has 3 rings (SSSR count). The smallest absolute Gasteiger partial charge is 0.118 e. The van der Waals surface area contributed by atoms with E-state index in [1.807, 2.05) is 53.5 Å². The first-order valence-corrected chi connectivity index (χ1v) is 11.2. The zero-order valence-corrected chi connectivity index (χ0v) is 18.5. The second kappa shape index (κ2) is 9.37. The second-order valence-corrected chi connectivity index (χ2v) is 9.08. The summed E-state index contributed by atoms with van der Waals surface area (Å²) in [6.07, 6.45) is 3.42. The number of aromatic nitrogens is 1. The molecule has 0 amide bonds. The van der Waals surface area contributed by atoms with E-state index in [2.05, 4.69) is 18.2 Å². The lowest BCUT2D eigenvalue weighted by Crippen LogP contribution is -2.01. The van der Waals surface area contributed by atoms with Gasteiger partial charge in [0.05, 0.1) is 12.1 Å². The third kappa shape index (κ3) is 4.58. The van der Waals surface area contributed by atoms with Crippen LogP contribution in [0.15, 0.2) is 64.2 Å². The van der Waals surface area contributed by atoms with Gasteiger partial charge in [0.15, 0.2) is 0 Å². The molecule has 28 heavy (non-hydrogen) atoms. The van der Waals surface area contributed by atoms with Crippen molar-refractivity contribution in [2.24, 2.45) is 5.73 Å². The van der Waals surface area contributed by atoms with Crippen LogP contribution in [0.5, 0.6) is 0 Å². The molecule has 0 saturated heterocycles. The Morgan fingerprint density at radius 1 is 1.21 bits per heavy atom. The zero-order chi connectivity index (χ0) is 20.3. The molecule has 0 bridgehead atoms. The van der Waals surface area contributed by atoms with E-state index >= 15 is 0 Å². The van der Waals surface area contributed by atoms with Gasteiger partial charge in [0, 0.05) is 27.3 Å². The van der Waals surface area contributed by atoms with Crippen molar-refractivity contribution < 1.29 is 4.39 Å². The largest absolute Gasteiger partial charge is 0.327 e. The SMILES string of the molecule is CSc1ccc2c(c1)c(-c1cccc(SN(C)C)c1)c(Cl)n2C/C(F)=C/CN. The fourth-order valence-corrected chi connectivity index (χ4v) is 4.66. The molecule has 1 heterocycles. The Labute approximate surface area is 178 Å². The van der Waals surface area contributed by atoms with E-state index in [4.69, 9.17) is 17.3 Å². The molecule has 2 N–H and O–H groups in total. The monoisotopic (exact) mass is 435 g/mol. The van der Waals surface area contributed by atoms with E-state index in [9.17, 15) is 4.39 Å². The minimum Gasteiger partial charge on any atom is -0.327 e. The molecule has 0 aliphatic rings. The minimum atomic E-state index is -0.293. The highest BCUT2D eigenvalue weighted by atomic mass is 35.5. The summed E-state index contributed by atoms with van der Waals surface area (Å²) >= 11 is 10.1. The number of rotatable bonds is 7. The number of halogens is 2. The first kappa shape index (κ1) is 21.3. The van der Waals surface area contributed by atoms with Gasteiger partial charge in [0.1, 0.15) is 11.0 Å². The first-order chi connectivity index (χ1) is 13.4. The van der Waals surface area contributed by atoms with E-state index in [1.54, 1.807) is 23.7 Å². The standard InChI is InChI=1S/C21H23ClFN3S2/c1-25(2)28-17-6-4-5-14(11-17)20-18-12-16(27-3)7-8-19(18)26(21(20)22)13-15(23)9-10-24/h4-9,11-12H,10,13,24H2,1-3H3/b15-9-. The number of benzene rings is 2. The van der Waals surface area contributed by atoms with E-state index in [0.29, 0.717) is 5.15 Å². The van der Waals surface area contributed by atoms with Gasteiger partial charge in [-0.05, 0) is 74.3 Å². The normalized spacial score (nSPS) is 12.3. The van der Waals surface area contributed by atoms with Gasteiger partial charge >= 0.3 is 0 Å². The van der Waals surface area contributed by atoms with Crippen LogP contribution in [0.1, 0.15) is 0 Å². The Morgan fingerprint density at radius 2 is 2.00 bits per heavy atom. The molecule has 0 aliphatic heterocycles. The van der Waals surface area contributed by atoms with Crippen molar-refractivity contribution in [2.75, 3.05) is 26.9 Å². The highest BCUT2D eigenvalue weighted by Crippen LogP contribution is 2.41. The molecule has 0 radical (unpaired) electrons. The second-order valence-electron chi connectivity index (χ2n) is 6.45. The fraction of sp³-hybridized carbons (Fsp3) is 0.238. The van der Waals surface area contributed by atoms with Crippen molar-refractivity contribution in [1.29, 1.82) is 0 Å². The Balaban J connectivity index is 2.21. The van der Waals surface area contributed by atoms with Crippen molar-refractivity contribution in [1.82, 2.24) is 8.87 Å². The fourth-order valence-electron chi connectivity index (χ4n) is 3.12. The average molecular weight is 436 g/mol. The van der Waals surface area contributed by atoms with E-state index < -0.39 is 0 Å². The Hall–Kier alpha value is -1.44. The molecule has 3 nitrogen and oxygen atoms in total. The number of fused-ring (bicyclic) bond motifs is 1. The maximum atomic E-state index is 14.3. The van der Waals surface area contributed by atoms with Crippen LogP contribution in [-0.4, -0.2) is 35.8 Å². The van der Waals surface area contributed by atoms with Crippen LogP contribution in [0.3, 0.4) is 0 Å². The molecule has 1 aromatic heterocycles. The van der Waals surface area contributed by atoms with E-state index in [-0.39, 0.29) is 18.9 Å². The van der Waals surface area contributed by atoms with Crippen LogP contribution in [0.4, 0.5) is 4.39 Å². The summed E-state index contributed by atoms with van der Waals surface area (Å²) in [5, 5.41) is 1.55. The summed E-state index contributed by atoms with van der Waals surface area (Å²) in [5.74, 6) is -0.293. The summed E-state index contributed by atoms with van der Waals surface area (Å²) < 4.78 is 18.1. The molecular weight excluding hydrogens is 413 g/mol. The van der Waals surface area contributed by atoms with Crippen molar-refractivity contribution in [2.45, 2.75) is 16.3 Å². The molecular formula is C21H23ClFN3S2. The summed E-state index contributed by atoms with van der Waals surface area (Å²) in [4.78, 5) is 2.26. The molecule has 0 unspecified atom stereocenters. The number of thioether (sulfide) groups is 1. The van der Waals surface area contributed by atoms with Crippen LogP contribution in [0.25, 0.3) is 22.0 Å². The van der Waals surface area contributed by atoms with Crippen molar-refractivity contribution >= 4 is 46.2 Å². The number of nitrogens with two attached hydrogens (primary N) is 1. The molecule has 3 aromatic rings. The van der Waals surface area contributed by atoms with Crippen LogP contribution in [0, 0.1) is 0 Å². The lowest BCUT2D eigenvalue weighted by atomic mass is 10.1. The van der Waals surface area contributed by atoms with E-state index in [1.165, 1.54) is 6.08 Å². The predicted molar refractivity (Wildman–Crippen MR) is 122 cm³/mol. The number of hydrogen-bond donors (Lipinski definition) is 1. The number of nitrogens with zero attached hydrogens (tertiary/aromatic N) is 2.